The molecule has 0 spiro atoms. The van der Waals surface area contributed by atoms with E-state index in [1.165, 1.54) is 6.33 Å². The summed E-state index contributed by atoms with van der Waals surface area (Å²) in [4.78, 5) is 46.5. The lowest BCUT2D eigenvalue weighted by Gasteiger charge is -2.13. The van der Waals surface area contributed by atoms with Crippen molar-refractivity contribution in [2.75, 3.05) is 11.9 Å². The second kappa shape index (κ2) is 8.23. The van der Waals surface area contributed by atoms with Gasteiger partial charge in [0.25, 0.3) is 0 Å². The summed E-state index contributed by atoms with van der Waals surface area (Å²) in [5.41, 5.74) is 2.18. The molecule has 32 heavy (non-hydrogen) atoms. The molecule has 0 radical (unpaired) electrons. The van der Waals surface area contributed by atoms with Crippen molar-refractivity contribution >= 4 is 28.8 Å². The predicted octanol–water partition coefficient (Wildman–Crippen LogP) is 0.807. The fourth-order valence-electron chi connectivity index (χ4n) is 3.96. The lowest BCUT2D eigenvalue weighted by atomic mass is 10.1. The number of nitrogens with zero attached hydrogens (tertiary/aromatic N) is 6. The Morgan fingerprint density at radius 1 is 1.16 bits per heavy atom. The van der Waals surface area contributed by atoms with Crippen LogP contribution >= 0.6 is 0 Å². The van der Waals surface area contributed by atoms with Gasteiger partial charge in [0.2, 0.25) is 11.8 Å². The van der Waals surface area contributed by atoms with E-state index in [-0.39, 0.29) is 23.8 Å². The Bertz CT molecular complexity index is 1170. The van der Waals surface area contributed by atoms with Gasteiger partial charge in [0.1, 0.15) is 18.0 Å². The molecule has 11 nitrogen and oxygen atoms in total. The number of hydrogen-bond acceptors (Lipinski definition) is 9. The van der Waals surface area contributed by atoms with Crippen molar-refractivity contribution in [2.24, 2.45) is 5.92 Å². The highest BCUT2D eigenvalue weighted by Gasteiger charge is 2.35. The Morgan fingerprint density at radius 2 is 1.94 bits per heavy atom. The fourth-order valence-corrected chi connectivity index (χ4v) is 3.96. The van der Waals surface area contributed by atoms with Crippen molar-refractivity contribution in [1.82, 2.24) is 40.1 Å². The van der Waals surface area contributed by atoms with Crippen LogP contribution in [0.3, 0.4) is 0 Å². The summed E-state index contributed by atoms with van der Waals surface area (Å²) in [7, 11) is 0. The monoisotopic (exact) mass is 435 g/mol. The number of aryl methyl sites for hydroxylation is 2. The normalized spacial score (nSPS) is 20.4. The van der Waals surface area contributed by atoms with Gasteiger partial charge in [-0.3, -0.25) is 14.9 Å². The van der Waals surface area contributed by atoms with Crippen LogP contribution in [0.15, 0.2) is 18.7 Å². The Balaban J connectivity index is 1.35. The molecule has 3 aromatic rings. The van der Waals surface area contributed by atoms with E-state index in [4.69, 9.17) is 4.98 Å². The Morgan fingerprint density at radius 3 is 2.66 bits per heavy atom. The zero-order chi connectivity index (χ0) is 22.2. The molecule has 3 N–H and O–H groups in total. The highest BCUT2D eigenvalue weighted by molar-refractivity contribution is 5.99. The Labute approximate surface area is 184 Å². The molecular formula is C21H25N9O2. The molecule has 0 aromatic carbocycles. The first kappa shape index (κ1) is 20.4. The van der Waals surface area contributed by atoms with Gasteiger partial charge in [0.05, 0.1) is 11.6 Å². The van der Waals surface area contributed by atoms with Crippen molar-refractivity contribution in [2.45, 2.75) is 51.7 Å². The number of fused-ring (bicyclic) bond motifs is 1. The van der Waals surface area contributed by atoms with Gasteiger partial charge in [-0.2, -0.15) is 0 Å². The topological polar surface area (TPSA) is 140 Å². The molecule has 1 saturated carbocycles. The molecule has 4 heterocycles. The number of imide groups is 1. The van der Waals surface area contributed by atoms with Crippen LogP contribution in [0.1, 0.15) is 32.0 Å². The van der Waals surface area contributed by atoms with Crippen LogP contribution in [-0.4, -0.2) is 59.9 Å². The maximum absolute atomic E-state index is 12.4. The molecule has 0 bridgehead atoms. The zero-order valence-electron chi connectivity index (χ0n) is 18.0. The third kappa shape index (κ3) is 3.91. The second-order valence-electron chi connectivity index (χ2n) is 8.26. The SMILES string of the molecule is CCn1c(-c2cnc(C)nc2)nc2c(NC3CN[C@H](C(=O)NC(=O)C4CC4)C3)ncnc21. The number of nitrogens with one attached hydrogen (secondary N) is 3. The molecule has 2 fully saturated rings. The smallest absolute Gasteiger partial charge is 0.243 e. The van der Waals surface area contributed by atoms with Gasteiger partial charge in [0, 0.05) is 37.4 Å². The molecule has 3 aromatic heterocycles. The fraction of sp³-hybridized carbons (Fsp3) is 0.476. The number of anilines is 1. The minimum Gasteiger partial charge on any atom is -0.364 e. The van der Waals surface area contributed by atoms with Gasteiger partial charge in [-0.1, -0.05) is 0 Å². The lowest BCUT2D eigenvalue weighted by molar-refractivity contribution is -0.132. The molecule has 2 atom stereocenters. The molecule has 2 aliphatic rings. The van der Waals surface area contributed by atoms with E-state index in [2.05, 4.69) is 35.9 Å². The first-order valence-electron chi connectivity index (χ1n) is 10.9. The number of amides is 2. The standard InChI is InChI=1S/C21H25N9O2/c1-3-30-18(13-7-22-11(2)23-8-13)28-16-17(25-10-26-19(16)30)27-14-6-15(24-9-14)21(32)29-20(31)12-4-5-12/h7-8,10,12,14-15,24H,3-6,9H2,1-2H3,(H,25,26,27)(H,29,31,32)/t14?,15-/m0/s1. The van der Waals surface area contributed by atoms with Gasteiger partial charge in [-0.15, -0.1) is 0 Å². The molecule has 5 rings (SSSR count). The van der Waals surface area contributed by atoms with Crippen LogP contribution in [0, 0.1) is 12.8 Å². The first-order chi connectivity index (χ1) is 15.5. The van der Waals surface area contributed by atoms with Gasteiger partial charge in [-0.05, 0) is 33.1 Å². The summed E-state index contributed by atoms with van der Waals surface area (Å²) >= 11 is 0. The highest BCUT2D eigenvalue weighted by atomic mass is 16.2. The quantitative estimate of drug-likeness (QED) is 0.480. The summed E-state index contributed by atoms with van der Waals surface area (Å²) in [5.74, 6) is 1.61. The van der Waals surface area contributed by atoms with Crippen molar-refractivity contribution in [3.8, 4) is 11.4 Å². The van der Waals surface area contributed by atoms with Crippen molar-refractivity contribution in [3.05, 3.63) is 24.5 Å². The molecule has 1 unspecified atom stereocenters. The van der Waals surface area contributed by atoms with E-state index >= 15 is 0 Å². The van der Waals surface area contributed by atoms with E-state index in [1.807, 2.05) is 18.4 Å². The summed E-state index contributed by atoms with van der Waals surface area (Å²) in [5, 5.41) is 9.10. The average molecular weight is 435 g/mol. The average Bonchev–Trinajstić information content (AvgIpc) is 3.42. The van der Waals surface area contributed by atoms with Crippen LogP contribution in [-0.2, 0) is 16.1 Å². The minimum absolute atomic E-state index is 0.00498. The number of imidazole rings is 1. The summed E-state index contributed by atoms with van der Waals surface area (Å²) in [6.07, 6.45) is 7.29. The van der Waals surface area contributed by atoms with E-state index < -0.39 is 6.04 Å². The van der Waals surface area contributed by atoms with E-state index in [0.717, 1.165) is 29.9 Å². The van der Waals surface area contributed by atoms with Gasteiger partial charge in [0.15, 0.2) is 17.0 Å². The second-order valence-corrected chi connectivity index (χ2v) is 8.26. The van der Waals surface area contributed by atoms with Gasteiger partial charge in [-0.25, -0.2) is 24.9 Å². The van der Waals surface area contributed by atoms with Crippen LogP contribution in [0.4, 0.5) is 5.82 Å². The van der Waals surface area contributed by atoms with E-state index in [9.17, 15) is 9.59 Å². The van der Waals surface area contributed by atoms with E-state index in [1.54, 1.807) is 12.4 Å². The maximum Gasteiger partial charge on any atom is 0.243 e. The number of aromatic nitrogens is 6. The third-order valence-corrected chi connectivity index (χ3v) is 5.87. The van der Waals surface area contributed by atoms with Crippen LogP contribution in [0.25, 0.3) is 22.6 Å². The molecule has 1 aliphatic heterocycles. The predicted molar refractivity (Wildman–Crippen MR) is 116 cm³/mol. The molecule has 2 amide bonds. The largest absolute Gasteiger partial charge is 0.364 e. The Hall–Kier alpha value is -3.47. The Kier molecular flexibility index (Phi) is 5.25. The van der Waals surface area contributed by atoms with Crippen LogP contribution in [0.5, 0.6) is 0 Å². The van der Waals surface area contributed by atoms with E-state index in [0.29, 0.717) is 36.7 Å². The summed E-state index contributed by atoms with van der Waals surface area (Å²) in [6.45, 7) is 5.12. The summed E-state index contributed by atoms with van der Waals surface area (Å²) in [6, 6.07) is -0.446. The zero-order valence-corrected chi connectivity index (χ0v) is 18.0. The summed E-state index contributed by atoms with van der Waals surface area (Å²) < 4.78 is 2.00. The van der Waals surface area contributed by atoms with Crippen molar-refractivity contribution in [1.29, 1.82) is 0 Å². The highest BCUT2D eigenvalue weighted by Crippen LogP contribution is 2.29. The number of rotatable bonds is 6. The third-order valence-electron chi connectivity index (χ3n) is 5.87. The molecule has 1 saturated heterocycles. The lowest BCUT2D eigenvalue weighted by Crippen LogP contribution is -2.43. The number of hydrogen-bond donors (Lipinski definition) is 3. The molecule has 1 aliphatic carbocycles. The molecule has 11 heteroatoms. The van der Waals surface area contributed by atoms with Crippen molar-refractivity contribution < 1.29 is 9.59 Å². The van der Waals surface area contributed by atoms with Crippen LogP contribution < -0.4 is 16.0 Å². The molecular weight excluding hydrogens is 410 g/mol. The maximum atomic E-state index is 12.4. The van der Waals surface area contributed by atoms with Gasteiger partial charge < -0.3 is 15.2 Å². The minimum atomic E-state index is -0.416. The first-order valence-corrected chi connectivity index (χ1v) is 10.9. The van der Waals surface area contributed by atoms with Crippen LogP contribution in [0.2, 0.25) is 0 Å². The van der Waals surface area contributed by atoms with Gasteiger partial charge >= 0.3 is 0 Å². The number of carbonyl (C=O) groups is 2. The number of carbonyl (C=O) groups excluding carboxylic acids is 2. The van der Waals surface area contributed by atoms with Crippen molar-refractivity contribution in [3.63, 3.8) is 0 Å². The molecule has 166 valence electrons.